The summed E-state index contributed by atoms with van der Waals surface area (Å²) in [5, 5.41) is 3.49. The predicted molar refractivity (Wildman–Crippen MR) is 92.1 cm³/mol. The maximum Gasteiger partial charge on any atom is 0.0370 e. The van der Waals surface area contributed by atoms with E-state index in [-0.39, 0.29) is 5.54 Å². The lowest BCUT2D eigenvalue weighted by Gasteiger charge is -2.46. The van der Waals surface area contributed by atoms with Crippen molar-refractivity contribution in [2.24, 2.45) is 0 Å². The third kappa shape index (κ3) is 3.98. The van der Waals surface area contributed by atoms with Gasteiger partial charge in [-0.25, -0.2) is 0 Å². The van der Waals surface area contributed by atoms with Crippen LogP contribution >= 0.6 is 0 Å². The molecule has 0 bridgehead atoms. The highest BCUT2D eigenvalue weighted by molar-refractivity contribution is 5.51. The summed E-state index contributed by atoms with van der Waals surface area (Å²) >= 11 is 0. The SMILES string of the molecule is CCCNCc1ccc(N2CCN(C)C(C)(C)C2)cc1C. The topological polar surface area (TPSA) is 18.5 Å². The van der Waals surface area contributed by atoms with Crippen molar-refractivity contribution in [3.05, 3.63) is 29.3 Å². The van der Waals surface area contributed by atoms with Gasteiger partial charge in [-0.15, -0.1) is 0 Å². The van der Waals surface area contributed by atoms with Crippen molar-refractivity contribution in [3.8, 4) is 0 Å². The van der Waals surface area contributed by atoms with Gasteiger partial charge in [0.25, 0.3) is 0 Å². The maximum atomic E-state index is 3.49. The molecular weight excluding hydrogens is 258 g/mol. The summed E-state index contributed by atoms with van der Waals surface area (Å²) in [6.07, 6.45) is 1.19. The second kappa shape index (κ2) is 6.80. The van der Waals surface area contributed by atoms with Gasteiger partial charge < -0.3 is 10.2 Å². The largest absolute Gasteiger partial charge is 0.368 e. The van der Waals surface area contributed by atoms with E-state index in [0.29, 0.717) is 0 Å². The molecule has 1 saturated heterocycles. The van der Waals surface area contributed by atoms with Gasteiger partial charge in [0.2, 0.25) is 0 Å². The van der Waals surface area contributed by atoms with Crippen molar-refractivity contribution in [1.82, 2.24) is 10.2 Å². The van der Waals surface area contributed by atoms with Crippen molar-refractivity contribution in [2.45, 2.75) is 46.2 Å². The third-order valence-corrected chi connectivity index (χ3v) is 4.75. The Balaban J connectivity index is 2.06. The van der Waals surface area contributed by atoms with E-state index >= 15 is 0 Å². The smallest absolute Gasteiger partial charge is 0.0370 e. The number of likely N-dealkylation sites (N-methyl/N-ethyl adjacent to an activating group) is 1. The number of benzene rings is 1. The average molecular weight is 289 g/mol. The summed E-state index contributed by atoms with van der Waals surface area (Å²) in [5.41, 5.74) is 4.43. The zero-order valence-electron chi connectivity index (χ0n) is 14.4. The number of piperazine rings is 1. The van der Waals surface area contributed by atoms with E-state index in [1.54, 1.807) is 0 Å². The number of hydrogen-bond donors (Lipinski definition) is 1. The Morgan fingerprint density at radius 2 is 2.00 bits per heavy atom. The minimum Gasteiger partial charge on any atom is -0.368 e. The van der Waals surface area contributed by atoms with E-state index in [1.165, 1.54) is 23.2 Å². The number of rotatable bonds is 5. The van der Waals surface area contributed by atoms with Gasteiger partial charge in [-0.1, -0.05) is 13.0 Å². The second-order valence-electron chi connectivity index (χ2n) is 6.94. The van der Waals surface area contributed by atoms with Crippen LogP contribution in [0.15, 0.2) is 18.2 Å². The molecule has 1 fully saturated rings. The zero-order chi connectivity index (χ0) is 15.5. The van der Waals surface area contributed by atoms with Gasteiger partial charge >= 0.3 is 0 Å². The fourth-order valence-corrected chi connectivity index (χ4v) is 2.94. The fourth-order valence-electron chi connectivity index (χ4n) is 2.94. The lowest BCUT2D eigenvalue weighted by Crippen LogP contribution is -2.57. The number of anilines is 1. The fraction of sp³-hybridized carbons (Fsp3) is 0.667. The quantitative estimate of drug-likeness (QED) is 0.841. The molecule has 3 heteroatoms. The highest BCUT2D eigenvalue weighted by Gasteiger charge is 2.31. The number of nitrogens with one attached hydrogen (secondary N) is 1. The van der Waals surface area contributed by atoms with E-state index in [2.05, 4.69) is 68.1 Å². The van der Waals surface area contributed by atoms with E-state index in [1.807, 2.05) is 0 Å². The minimum atomic E-state index is 0.244. The molecule has 0 atom stereocenters. The van der Waals surface area contributed by atoms with Gasteiger partial charge in [0.15, 0.2) is 0 Å². The molecule has 0 amide bonds. The molecule has 1 aliphatic rings. The van der Waals surface area contributed by atoms with E-state index < -0.39 is 0 Å². The van der Waals surface area contributed by atoms with E-state index in [0.717, 1.165) is 32.7 Å². The predicted octanol–water partition coefficient (Wildman–Crippen LogP) is 3.03. The minimum absolute atomic E-state index is 0.244. The molecule has 118 valence electrons. The first-order valence-electron chi connectivity index (χ1n) is 8.20. The summed E-state index contributed by atoms with van der Waals surface area (Å²) in [7, 11) is 2.23. The van der Waals surface area contributed by atoms with Crippen LogP contribution in [0.25, 0.3) is 0 Å². The van der Waals surface area contributed by atoms with Crippen LogP contribution in [-0.2, 0) is 6.54 Å². The molecule has 1 heterocycles. The molecule has 0 aliphatic carbocycles. The molecule has 0 radical (unpaired) electrons. The second-order valence-corrected chi connectivity index (χ2v) is 6.94. The molecule has 1 N–H and O–H groups in total. The maximum absolute atomic E-state index is 3.49. The number of nitrogens with zero attached hydrogens (tertiary/aromatic N) is 2. The molecule has 1 aliphatic heterocycles. The van der Waals surface area contributed by atoms with Crippen LogP contribution in [0.5, 0.6) is 0 Å². The monoisotopic (exact) mass is 289 g/mol. The Morgan fingerprint density at radius 1 is 1.24 bits per heavy atom. The van der Waals surface area contributed by atoms with Crippen molar-refractivity contribution in [1.29, 1.82) is 0 Å². The first-order valence-corrected chi connectivity index (χ1v) is 8.20. The lowest BCUT2D eigenvalue weighted by molar-refractivity contribution is 0.139. The molecule has 0 saturated carbocycles. The van der Waals surface area contributed by atoms with Gasteiger partial charge in [-0.2, -0.15) is 0 Å². The van der Waals surface area contributed by atoms with Gasteiger partial charge in [0, 0.05) is 37.4 Å². The van der Waals surface area contributed by atoms with Crippen LogP contribution in [-0.4, -0.2) is 43.7 Å². The summed E-state index contributed by atoms with van der Waals surface area (Å²) in [6, 6.07) is 6.93. The van der Waals surface area contributed by atoms with Crippen molar-refractivity contribution in [3.63, 3.8) is 0 Å². The highest BCUT2D eigenvalue weighted by atomic mass is 15.3. The van der Waals surface area contributed by atoms with Crippen molar-refractivity contribution >= 4 is 5.69 Å². The lowest BCUT2D eigenvalue weighted by atomic mass is 9.98. The first-order chi connectivity index (χ1) is 9.94. The molecule has 2 rings (SSSR count). The Kier molecular flexibility index (Phi) is 5.28. The standard InChI is InChI=1S/C18H31N3/c1-6-9-19-13-16-7-8-17(12-15(16)2)21-11-10-20(5)18(3,4)14-21/h7-8,12,19H,6,9-11,13-14H2,1-5H3. The van der Waals surface area contributed by atoms with Crippen LogP contribution < -0.4 is 10.2 Å². The molecule has 21 heavy (non-hydrogen) atoms. The van der Waals surface area contributed by atoms with Crippen LogP contribution in [0.3, 0.4) is 0 Å². The molecule has 0 spiro atoms. The van der Waals surface area contributed by atoms with Crippen molar-refractivity contribution < 1.29 is 0 Å². The molecule has 0 aromatic heterocycles. The van der Waals surface area contributed by atoms with Crippen molar-refractivity contribution in [2.75, 3.05) is 38.1 Å². The molecule has 1 aromatic rings. The van der Waals surface area contributed by atoms with E-state index in [4.69, 9.17) is 0 Å². The Hall–Kier alpha value is -1.06. The van der Waals surface area contributed by atoms with Gasteiger partial charge in [-0.05, 0) is 64.0 Å². The Labute approximate surface area is 130 Å². The third-order valence-electron chi connectivity index (χ3n) is 4.75. The zero-order valence-corrected chi connectivity index (χ0v) is 14.4. The summed E-state index contributed by atoms with van der Waals surface area (Å²) < 4.78 is 0. The van der Waals surface area contributed by atoms with Crippen LogP contribution in [0, 0.1) is 6.92 Å². The first kappa shape index (κ1) is 16.3. The normalized spacial score (nSPS) is 19.0. The Bertz CT molecular complexity index is 468. The highest BCUT2D eigenvalue weighted by Crippen LogP contribution is 2.26. The van der Waals surface area contributed by atoms with Gasteiger partial charge in [0.1, 0.15) is 0 Å². The van der Waals surface area contributed by atoms with Crippen LogP contribution in [0.1, 0.15) is 38.3 Å². The summed E-state index contributed by atoms with van der Waals surface area (Å²) in [4.78, 5) is 4.98. The molecule has 0 unspecified atom stereocenters. The van der Waals surface area contributed by atoms with E-state index in [9.17, 15) is 0 Å². The average Bonchev–Trinajstić information content (AvgIpc) is 2.44. The van der Waals surface area contributed by atoms with Gasteiger partial charge in [-0.3, -0.25) is 4.90 Å². The van der Waals surface area contributed by atoms with Crippen LogP contribution in [0.4, 0.5) is 5.69 Å². The van der Waals surface area contributed by atoms with Gasteiger partial charge in [0.05, 0.1) is 0 Å². The molecular formula is C18H31N3. The number of hydrogen-bond acceptors (Lipinski definition) is 3. The molecule has 3 nitrogen and oxygen atoms in total. The summed E-state index contributed by atoms with van der Waals surface area (Å²) in [5.74, 6) is 0. The summed E-state index contributed by atoms with van der Waals surface area (Å²) in [6.45, 7) is 14.5. The Morgan fingerprint density at radius 3 is 2.62 bits per heavy atom. The van der Waals surface area contributed by atoms with Crippen LogP contribution in [0.2, 0.25) is 0 Å². The number of aryl methyl sites for hydroxylation is 1. The molecule has 1 aromatic carbocycles.